The highest BCUT2D eigenvalue weighted by atomic mass is 32.2. The number of hydrogen-bond donors (Lipinski definition) is 1. The van der Waals surface area contributed by atoms with Gasteiger partial charge in [0.25, 0.3) is 0 Å². The zero-order valence-corrected chi connectivity index (χ0v) is 10.4. The molecule has 1 aromatic rings. The van der Waals surface area contributed by atoms with Gasteiger partial charge in [-0.15, -0.1) is 0 Å². The van der Waals surface area contributed by atoms with Crippen molar-refractivity contribution in [2.24, 2.45) is 5.14 Å². The Labute approximate surface area is 95.7 Å². The van der Waals surface area contributed by atoms with Gasteiger partial charge in [0, 0.05) is 11.6 Å². The molecule has 1 heterocycles. The van der Waals surface area contributed by atoms with Crippen molar-refractivity contribution < 1.29 is 13.2 Å². The van der Waals surface area contributed by atoms with E-state index in [1.165, 1.54) is 0 Å². The number of sulfonamides is 1. The van der Waals surface area contributed by atoms with Crippen LogP contribution in [0.15, 0.2) is 18.3 Å². The molecule has 2 atom stereocenters. The van der Waals surface area contributed by atoms with Crippen LogP contribution in [-0.4, -0.2) is 25.8 Å². The number of primary sulfonamides is 1. The van der Waals surface area contributed by atoms with Crippen molar-refractivity contribution in [3.8, 4) is 5.75 Å². The van der Waals surface area contributed by atoms with Crippen LogP contribution >= 0.6 is 0 Å². The van der Waals surface area contributed by atoms with Crippen molar-refractivity contribution in [3.63, 3.8) is 0 Å². The average Bonchev–Trinajstić information content (AvgIpc) is 2.26. The highest BCUT2D eigenvalue weighted by molar-refractivity contribution is 7.89. The molecule has 0 aliphatic rings. The third-order valence-electron chi connectivity index (χ3n) is 2.68. The van der Waals surface area contributed by atoms with Gasteiger partial charge in [-0.05, 0) is 19.1 Å². The zero-order valence-electron chi connectivity index (χ0n) is 9.54. The summed E-state index contributed by atoms with van der Waals surface area (Å²) in [5.41, 5.74) is 0.683. The molecule has 0 unspecified atom stereocenters. The van der Waals surface area contributed by atoms with E-state index in [1.807, 2.05) is 0 Å². The van der Waals surface area contributed by atoms with Crippen molar-refractivity contribution >= 4 is 10.0 Å². The van der Waals surface area contributed by atoms with Gasteiger partial charge in [0.15, 0.2) is 0 Å². The van der Waals surface area contributed by atoms with Crippen molar-refractivity contribution in [3.05, 3.63) is 24.0 Å². The number of aromatic nitrogens is 1. The largest absolute Gasteiger partial charge is 0.495 e. The molecule has 0 aromatic carbocycles. The average molecular weight is 244 g/mol. The molecule has 0 aliphatic carbocycles. The van der Waals surface area contributed by atoms with Gasteiger partial charge in [-0.1, -0.05) is 6.92 Å². The quantitative estimate of drug-likeness (QED) is 0.852. The first-order valence-corrected chi connectivity index (χ1v) is 6.48. The molecule has 90 valence electrons. The fourth-order valence-corrected chi connectivity index (χ4v) is 2.02. The van der Waals surface area contributed by atoms with E-state index in [4.69, 9.17) is 9.88 Å². The molecule has 0 aliphatic heterocycles. The third-order valence-corrected chi connectivity index (χ3v) is 4.13. The molecule has 6 heteroatoms. The van der Waals surface area contributed by atoms with E-state index in [2.05, 4.69) is 4.98 Å². The van der Waals surface area contributed by atoms with Crippen LogP contribution in [0.1, 0.15) is 25.5 Å². The van der Waals surface area contributed by atoms with E-state index < -0.39 is 15.3 Å². The SMILES string of the molecule is COc1ccc([C@@H](C)[C@H](C)S(N)(=O)=O)nc1. The highest BCUT2D eigenvalue weighted by Crippen LogP contribution is 2.22. The second-order valence-corrected chi connectivity index (χ2v) is 5.63. The Balaban J connectivity index is 2.92. The number of ether oxygens (including phenoxy) is 1. The maximum atomic E-state index is 11.2. The van der Waals surface area contributed by atoms with Crippen LogP contribution in [0.2, 0.25) is 0 Å². The molecule has 0 fully saturated rings. The molecule has 1 aromatic heterocycles. The number of methoxy groups -OCH3 is 1. The van der Waals surface area contributed by atoms with Crippen LogP contribution < -0.4 is 9.88 Å². The first-order chi connectivity index (χ1) is 7.36. The Bertz CT molecular complexity index is 442. The Morgan fingerprint density at radius 3 is 2.38 bits per heavy atom. The number of hydrogen-bond acceptors (Lipinski definition) is 4. The van der Waals surface area contributed by atoms with Crippen LogP contribution in [0.4, 0.5) is 0 Å². The molecule has 16 heavy (non-hydrogen) atoms. The molecule has 0 amide bonds. The lowest BCUT2D eigenvalue weighted by atomic mass is 10.0. The normalized spacial score (nSPS) is 15.5. The summed E-state index contributed by atoms with van der Waals surface area (Å²) in [5.74, 6) is 0.389. The predicted molar refractivity (Wildman–Crippen MR) is 61.8 cm³/mol. The monoisotopic (exact) mass is 244 g/mol. The summed E-state index contributed by atoms with van der Waals surface area (Å²) in [4.78, 5) is 4.14. The summed E-state index contributed by atoms with van der Waals surface area (Å²) in [6.45, 7) is 3.36. The number of nitrogens with zero attached hydrogens (tertiary/aromatic N) is 1. The first-order valence-electron chi connectivity index (χ1n) is 4.87. The van der Waals surface area contributed by atoms with Crippen molar-refractivity contribution in [1.82, 2.24) is 4.98 Å². The maximum absolute atomic E-state index is 11.2. The second kappa shape index (κ2) is 4.80. The second-order valence-electron chi connectivity index (χ2n) is 3.71. The topological polar surface area (TPSA) is 82.3 Å². The number of rotatable bonds is 4. The van der Waals surface area contributed by atoms with Gasteiger partial charge < -0.3 is 4.74 Å². The van der Waals surface area contributed by atoms with Crippen LogP contribution in [-0.2, 0) is 10.0 Å². The lowest BCUT2D eigenvalue weighted by Crippen LogP contribution is -2.30. The standard InChI is InChI=1S/C10H16N2O3S/c1-7(8(2)16(11,13)14)10-5-4-9(15-3)6-12-10/h4-8H,1-3H3,(H2,11,13,14)/t7-,8-/m0/s1. The summed E-state index contributed by atoms with van der Waals surface area (Å²) in [7, 11) is -1.99. The van der Waals surface area contributed by atoms with Gasteiger partial charge in [0.1, 0.15) is 5.75 Å². The summed E-state index contributed by atoms with van der Waals surface area (Å²) in [6, 6.07) is 3.49. The predicted octanol–water partition coefficient (Wildman–Crippen LogP) is 0.871. The molecule has 0 radical (unpaired) electrons. The van der Waals surface area contributed by atoms with E-state index in [9.17, 15) is 8.42 Å². The number of pyridine rings is 1. The molecule has 0 bridgehead atoms. The minimum Gasteiger partial charge on any atom is -0.495 e. The van der Waals surface area contributed by atoms with E-state index in [-0.39, 0.29) is 5.92 Å². The molecule has 2 N–H and O–H groups in total. The first kappa shape index (κ1) is 12.9. The Kier molecular flexibility index (Phi) is 3.88. The Hall–Kier alpha value is -1.14. The van der Waals surface area contributed by atoms with E-state index in [0.29, 0.717) is 11.4 Å². The van der Waals surface area contributed by atoms with Crippen LogP contribution in [0, 0.1) is 0 Å². The number of nitrogens with two attached hydrogens (primary N) is 1. The molecular formula is C10H16N2O3S. The highest BCUT2D eigenvalue weighted by Gasteiger charge is 2.24. The van der Waals surface area contributed by atoms with Gasteiger partial charge in [-0.25, -0.2) is 13.6 Å². The molecule has 1 rings (SSSR count). The summed E-state index contributed by atoms with van der Waals surface area (Å²) in [6.07, 6.45) is 1.56. The maximum Gasteiger partial charge on any atom is 0.212 e. The lowest BCUT2D eigenvalue weighted by Gasteiger charge is -2.17. The van der Waals surface area contributed by atoms with E-state index in [0.717, 1.165) is 0 Å². The van der Waals surface area contributed by atoms with Crippen LogP contribution in [0.5, 0.6) is 5.75 Å². The van der Waals surface area contributed by atoms with Gasteiger partial charge in [-0.2, -0.15) is 0 Å². The van der Waals surface area contributed by atoms with Gasteiger partial charge >= 0.3 is 0 Å². The van der Waals surface area contributed by atoms with Gasteiger partial charge in [0.05, 0.1) is 18.6 Å². The van der Waals surface area contributed by atoms with E-state index >= 15 is 0 Å². The summed E-state index contributed by atoms with van der Waals surface area (Å²) < 4.78 is 27.4. The summed E-state index contributed by atoms with van der Waals surface area (Å²) >= 11 is 0. The Morgan fingerprint density at radius 2 is 2.00 bits per heavy atom. The molecule has 0 saturated carbocycles. The van der Waals surface area contributed by atoms with Gasteiger partial charge in [0.2, 0.25) is 10.0 Å². The molecular weight excluding hydrogens is 228 g/mol. The molecule has 5 nitrogen and oxygen atoms in total. The molecule has 0 spiro atoms. The zero-order chi connectivity index (χ0) is 12.3. The fourth-order valence-electron chi connectivity index (χ4n) is 1.31. The van der Waals surface area contributed by atoms with Crippen molar-refractivity contribution in [1.29, 1.82) is 0 Å². The Morgan fingerprint density at radius 1 is 1.38 bits per heavy atom. The van der Waals surface area contributed by atoms with Crippen LogP contribution in [0.3, 0.4) is 0 Å². The fraction of sp³-hybridized carbons (Fsp3) is 0.500. The molecule has 0 saturated heterocycles. The van der Waals surface area contributed by atoms with Crippen molar-refractivity contribution in [2.75, 3.05) is 7.11 Å². The van der Waals surface area contributed by atoms with Crippen LogP contribution in [0.25, 0.3) is 0 Å². The smallest absolute Gasteiger partial charge is 0.212 e. The summed E-state index contributed by atoms with van der Waals surface area (Å²) in [5, 5.41) is 4.43. The minimum atomic E-state index is -3.54. The van der Waals surface area contributed by atoms with E-state index in [1.54, 1.807) is 39.3 Å². The lowest BCUT2D eigenvalue weighted by molar-refractivity contribution is 0.412. The third kappa shape index (κ3) is 2.93. The van der Waals surface area contributed by atoms with Gasteiger partial charge in [-0.3, -0.25) is 4.98 Å². The minimum absolute atomic E-state index is 0.249. The van der Waals surface area contributed by atoms with Crippen molar-refractivity contribution in [2.45, 2.75) is 25.0 Å².